The van der Waals surface area contributed by atoms with E-state index in [1.54, 1.807) is 39.9 Å². The molecule has 654 valence electrons. The van der Waals surface area contributed by atoms with Gasteiger partial charge in [-0.25, -0.2) is 0 Å². The Morgan fingerprint density at radius 3 is 0.959 bits per heavy atom. The molecule has 3 saturated carbocycles. The van der Waals surface area contributed by atoms with E-state index in [1.165, 1.54) is 79.4 Å². The Labute approximate surface area is 718 Å². The van der Waals surface area contributed by atoms with Crippen LogP contribution in [0, 0.1) is 20.8 Å². The molecule has 9 fully saturated rings. The normalized spacial score (nSPS) is 19.8. The highest BCUT2D eigenvalue weighted by Gasteiger charge is 2.35. The number of nitrogens with two attached hydrogens (primary N) is 3. The lowest BCUT2D eigenvalue weighted by Gasteiger charge is -2.35. The standard InChI is InChI=1S/2C32H43N5O4.C31H41N5O4/c1-22-16-25(18-26(17-22)35(2)30(38)20-33)32(40)37-14-12-36(13-15-37)31(39)24-8-9-29(41-27-10-11-34-21-27)28(19-24)23-6-4-3-5-7-23;1-22-17-25(19-26(18-22)35-30(38)9-11-33)32(40)37-15-13-36(14-16-37)31(39)24-7-8-29(41-27-10-12-34-21-27)28(20-24)23-5-3-2-4-6-23;1-21-15-24(17-25(16-21)34-29(37)19-32)31(39)36-13-11-35(12-14-36)30(38)23-7-8-28(40-26-9-10-33-20-26)27(18-23)22-5-3-2-4-6-22/h8-9,16-19,23,27,34H,3-7,10-15,20-21,33H2,1-2H3;7-8,17-20,23,27,34H,2-6,9-16,21,33H2,1H3,(H,35,38);7-8,15-18,22,26,33H,2-6,9-14,19-20,32H2,1H3,(H,34,37)/t2*27-;26-/m000/s1. The maximum Gasteiger partial charge on any atom is 0.254 e. The summed E-state index contributed by atoms with van der Waals surface area (Å²) in [6.07, 6.45) is 21.7. The first-order chi connectivity index (χ1) is 59.1. The highest BCUT2D eigenvalue weighted by atomic mass is 16.5. The van der Waals surface area contributed by atoms with Crippen molar-refractivity contribution >= 4 is 70.2 Å². The summed E-state index contributed by atoms with van der Waals surface area (Å²) in [5.74, 6) is 3.05. The van der Waals surface area contributed by atoms with E-state index in [0.717, 1.165) is 131 Å². The SMILES string of the molecule is Cc1cc(C(=O)N2CCN(C(=O)c3ccc(O[C@H]4CCNC4)c(C4CCCCC4)c3)CC2)cc(N(C)C(=O)CN)c1.Cc1cc(NC(=O)CCN)cc(C(=O)N2CCN(C(=O)c3ccc(O[C@H]4CCNC4)c(C4CCCCC4)c3)CC2)c1.Cc1cc(NC(=O)CN)cc(C(=O)N2CCN(C(=O)c3ccc(O[C@H]4CCNC4)c(C4CCCCC4)c3)CC2)c1. The second kappa shape index (κ2) is 43.2. The van der Waals surface area contributed by atoms with Crippen molar-refractivity contribution in [1.29, 1.82) is 0 Å². The molecule has 0 unspecified atom stereocenters. The summed E-state index contributed by atoms with van der Waals surface area (Å²) in [7, 11) is 1.66. The molecule has 3 atom stereocenters. The average Bonchev–Trinajstić information content (AvgIpc) is 0.986. The van der Waals surface area contributed by atoms with Crippen molar-refractivity contribution in [2.24, 2.45) is 17.2 Å². The monoisotopic (exact) mass is 1670 g/mol. The predicted molar refractivity (Wildman–Crippen MR) is 474 cm³/mol. The van der Waals surface area contributed by atoms with Crippen LogP contribution in [-0.2, 0) is 14.4 Å². The maximum atomic E-state index is 13.6. The zero-order valence-corrected chi connectivity index (χ0v) is 71.9. The summed E-state index contributed by atoms with van der Waals surface area (Å²) >= 11 is 0. The van der Waals surface area contributed by atoms with Crippen molar-refractivity contribution in [2.45, 2.75) is 179 Å². The third-order valence-electron chi connectivity index (χ3n) is 25.4. The second-order valence-corrected chi connectivity index (χ2v) is 34.4. The molecule has 27 nitrogen and oxygen atoms in total. The smallest absolute Gasteiger partial charge is 0.254 e. The van der Waals surface area contributed by atoms with Gasteiger partial charge in [-0.15, -0.1) is 0 Å². The highest BCUT2D eigenvalue weighted by molar-refractivity contribution is 6.02. The van der Waals surface area contributed by atoms with E-state index in [-0.39, 0.29) is 97.5 Å². The number of anilines is 3. The maximum absolute atomic E-state index is 13.6. The molecule has 6 aliphatic heterocycles. The highest BCUT2D eigenvalue weighted by Crippen LogP contribution is 2.43. The van der Waals surface area contributed by atoms with E-state index in [0.29, 0.717) is 147 Å². The van der Waals surface area contributed by atoms with Gasteiger partial charge in [0.25, 0.3) is 35.4 Å². The van der Waals surface area contributed by atoms with Crippen LogP contribution < -0.4 is 62.9 Å². The van der Waals surface area contributed by atoms with Gasteiger partial charge >= 0.3 is 0 Å². The van der Waals surface area contributed by atoms with E-state index in [9.17, 15) is 43.2 Å². The number of rotatable bonds is 22. The quantitative estimate of drug-likeness (QED) is 0.0313. The molecule has 9 aliphatic rings. The third kappa shape index (κ3) is 23.5. The van der Waals surface area contributed by atoms with Crippen LogP contribution in [-0.4, -0.2) is 245 Å². The van der Waals surface area contributed by atoms with E-state index < -0.39 is 0 Å². The van der Waals surface area contributed by atoms with Gasteiger partial charge < -0.3 is 92.3 Å². The lowest BCUT2D eigenvalue weighted by atomic mass is 9.83. The summed E-state index contributed by atoms with van der Waals surface area (Å²) < 4.78 is 19.2. The average molecular weight is 1670 g/mol. The van der Waals surface area contributed by atoms with Gasteiger partial charge in [-0.2, -0.15) is 0 Å². The van der Waals surface area contributed by atoms with Gasteiger partial charge in [0.15, 0.2) is 0 Å². The molecular weight excluding hydrogens is 1540 g/mol. The molecule has 0 radical (unpaired) electrons. The number of benzene rings is 6. The van der Waals surface area contributed by atoms with Gasteiger partial charge in [-0.1, -0.05) is 57.8 Å². The number of hydrogen-bond donors (Lipinski definition) is 8. The second-order valence-electron chi connectivity index (χ2n) is 34.4. The molecule has 0 aromatic heterocycles. The van der Waals surface area contributed by atoms with Crippen molar-refractivity contribution in [3.05, 3.63) is 176 Å². The Morgan fingerprint density at radius 1 is 0.361 bits per heavy atom. The Kier molecular flexibility index (Phi) is 31.7. The van der Waals surface area contributed by atoms with Crippen LogP contribution in [0.25, 0.3) is 0 Å². The fraction of sp³-hybridized carbons (Fsp3) is 0.526. The minimum atomic E-state index is -0.307. The molecule has 15 rings (SSSR count). The lowest BCUT2D eigenvalue weighted by Crippen LogP contribution is -2.50. The molecule has 6 aromatic carbocycles. The lowest BCUT2D eigenvalue weighted by molar-refractivity contribution is -0.117. The first kappa shape index (κ1) is 89.5. The number of hydrogen-bond acceptors (Lipinski definition) is 18. The minimum absolute atomic E-state index is 0.000537. The fourth-order valence-corrected chi connectivity index (χ4v) is 18.6. The van der Waals surface area contributed by atoms with Crippen LogP contribution >= 0.6 is 0 Å². The largest absolute Gasteiger partial charge is 0.489 e. The van der Waals surface area contributed by atoms with Gasteiger partial charge in [0.2, 0.25) is 17.7 Å². The predicted octanol–water partition coefficient (Wildman–Crippen LogP) is 10.3. The number of piperazine rings is 3. The van der Waals surface area contributed by atoms with Gasteiger partial charge in [-0.05, 0) is 259 Å². The fourth-order valence-electron chi connectivity index (χ4n) is 18.6. The molecule has 9 amide bonds. The molecule has 3 aliphatic carbocycles. The first-order valence-corrected chi connectivity index (χ1v) is 44.8. The van der Waals surface area contributed by atoms with Crippen LogP contribution in [0.2, 0.25) is 0 Å². The Balaban J connectivity index is 0.000000158. The van der Waals surface area contributed by atoms with Crippen LogP contribution in [0.5, 0.6) is 17.2 Å². The molecule has 6 heterocycles. The minimum Gasteiger partial charge on any atom is -0.489 e. The number of carbonyl (C=O) groups excluding carboxylic acids is 9. The van der Waals surface area contributed by atoms with Crippen LogP contribution in [0.4, 0.5) is 17.1 Å². The summed E-state index contributed by atoms with van der Waals surface area (Å²) in [5, 5.41) is 15.6. The molecule has 6 aromatic rings. The number of amides is 9. The Morgan fingerprint density at radius 2 is 0.664 bits per heavy atom. The number of nitrogens with zero attached hydrogens (tertiary/aromatic N) is 7. The van der Waals surface area contributed by atoms with Crippen molar-refractivity contribution in [1.82, 2.24) is 45.3 Å². The van der Waals surface area contributed by atoms with Crippen molar-refractivity contribution in [3.63, 3.8) is 0 Å². The number of aryl methyl sites for hydroxylation is 3. The first-order valence-electron chi connectivity index (χ1n) is 44.8. The molecule has 0 bridgehead atoms. The van der Waals surface area contributed by atoms with Crippen molar-refractivity contribution in [3.8, 4) is 17.2 Å². The topological polar surface area (TPSA) is 342 Å². The van der Waals surface area contributed by atoms with Gasteiger partial charge in [0, 0.05) is 169 Å². The summed E-state index contributed by atoms with van der Waals surface area (Å²) in [6, 6.07) is 34.0. The van der Waals surface area contributed by atoms with Gasteiger partial charge in [0.1, 0.15) is 35.6 Å². The third-order valence-corrected chi connectivity index (χ3v) is 25.4. The molecule has 0 spiro atoms. The summed E-state index contributed by atoms with van der Waals surface area (Å²) in [5.41, 5.74) is 28.0. The summed E-state index contributed by atoms with van der Waals surface area (Å²) in [6.45, 7) is 16.8. The van der Waals surface area contributed by atoms with E-state index >= 15 is 0 Å². The number of nitrogens with one attached hydrogen (secondary N) is 5. The van der Waals surface area contributed by atoms with Gasteiger partial charge in [-0.3, -0.25) is 43.2 Å². The van der Waals surface area contributed by atoms with Crippen LogP contribution in [0.15, 0.2) is 109 Å². The molecule has 27 heteroatoms. The Bertz CT molecular complexity index is 4650. The molecule has 6 saturated heterocycles. The van der Waals surface area contributed by atoms with Crippen LogP contribution in [0.3, 0.4) is 0 Å². The Hall–Kier alpha value is -10.3. The van der Waals surface area contributed by atoms with E-state index in [4.69, 9.17) is 31.4 Å². The summed E-state index contributed by atoms with van der Waals surface area (Å²) in [4.78, 5) is 129. The molecule has 122 heavy (non-hydrogen) atoms. The number of carbonyl (C=O) groups is 9. The van der Waals surface area contributed by atoms with Crippen LogP contribution in [0.1, 0.15) is 235 Å². The van der Waals surface area contributed by atoms with E-state index in [2.05, 4.69) is 44.8 Å². The number of likely N-dealkylation sites (N-methyl/N-ethyl adjacent to an activating group) is 1. The van der Waals surface area contributed by atoms with Crippen molar-refractivity contribution in [2.75, 3.05) is 160 Å². The number of ether oxygens (including phenoxy) is 3. The zero-order chi connectivity index (χ0) is 85.8. The van der Waals surface area contributed by atoms with E-state index in [1.807, 2.05) is 108 Å². The zero-order valence-electron chi connectivity index (χ0n) is 71.9. The van der Waals surface area contributed by atoms with Crippen molar-refractivity contribution < 1.29 is 57.4 Å². The molecular formula is C95H127N15O12. The van der Waals surface area contributed by atoms with Gasteiger partial charge in [0.05, 0.1) is 13.1 Å². The molecule has 11 N–H and O–H groups in total.